The number of rotatable bonds is 4. The Balaban J connectivity index is 2.06. The molecule has 1 aliphatic rings. The van der Waals surface area contributed by atoms with Gasteiger partial charge in [0.1, 0.15) is 5.15 Å². The maximum absolute atomic E-state index is 10.6. The van der Waals surface area contributed by atoms with Gasteiger partial charge in [0.25, 0.3) is 6.54 Å². The molecule has 1 aromatic heterocycles. The molecule has 0 atom stereocenters. The minimum atomic E-state index is -0.350. The van der Waals surface area contributed by atoms with Gasteiger partial charge in [0.05, 0.1) is 0 Å². The van der Waals surface area contributed by atoms with Crippen LogP contribution >= 0.6 is 11.6 Å². The second-order valence-corrected chi connectivity index (χ2v) is 4.44. The summed E-state index contributed by atoms with van der Waals surface area (Å²) in [7, 11) is 0. The Morgan fingerprint density at radius 3 is 3.00 bits per heavy atom. The van der Waals surface area contributed by atoms with Crippen molar-refractivity contribution >= 4 is 17.4 Å². The highest BCUT2D eigenvalue weighted by Gasteiger charge is 2.19. The fourth-order valence-corrected chi connectivity index (χ4v) is 1.97. The lowest BCUT2D eigenvalue weighted by Crippen LogP contribution is -2.39. The number of pyridine rings is 1. The first-order valence-corrected chi connectivity index (χ1v) is 6.03. The van der Waals surface area contributed by atoms with E-state index in [0.717, 1.165) is 18.5 Å². The zero-order chi connectivity index (χ0) is 13.0. The molecule has 0 saturated heterocycles. The largest absolute Gasteiger partial charge is 0.350 e. The van der Waals surface area contributed by atoms with Crippen molar-refractivity contribution in [1.29, 1.82) is 0 Å². The standard InChI is InChI=1S/C11H13ClN4O2/c12-10-3-2-9(6-14-10)7-15-5-1-4-13-11(15)8-16(17)18/h2-3,6H,1,4-5,7-8H2. The highest BCUT2D eigenvalue weighted by Crippen LogP contribution is 2.11. The Labute approximate surface area is 109 Å². The van der Waals surface area contributed by atoms with E-state index in [4.69, 9.17) is 11.6 Å². The maximum Gasteiger partial charge on any atom is 0.260 e. The van der Waals surface area contributed by atoms with Gasteiger partial charge in [-0.2, -0.15) is 0 Å². The van der Waals surface area contributed by atoms with Crippen LogP contribution in [0.15, 0.2) is 23.3 Å². The summed E-state index contributed by atoms with van der Waals surface area (Å²) in [5.74, 6) is 0.543. The molecule has 96 valence electrons. The van der Waals surface area contributed by atoms with E-state index in [1.165, 1.54) is 0 Å². The van der Waals surface area contributed by atoms with Crippen molar-refractivity contribution < 1.29 is 4.92 Å². The van der Waals surface area contributed by atoms with Gasteiger partial charge in [-0.15, -0.1) is 0 Å². The molecule has 0 bridgehead atoms. The highest BCUT2D eigenvalue weighted by atomic mass is 35.5. The van der Waals surface area contributed by atoms with Gasteiger partial charge >= 0.3 is 0 Å². The van der Waals surface area contributed by atoms with Gasteiger partial charge in [-0.1, -0.05) is 17.7 Å². The molecular weight excluding hydrogens is 256 g/mol. The summed E-state index contributed by atoms with van der Waals surface area (Å²) in [5.41, 5.74) is 0.970. The average Bonchev–Trinajstić information content (AvgIpc) is 2.34. The Hall–Kier alpha value is -1.69. The third kappa shape index (κ3) is 3.40. The highest BCUT2D eigenvalue weighted by molar-refractivity contribution is 6.29. The number of aromatic nitrogens is 1. The molecule has 0 amide bonds. The van der Waals surface area contributed by atoms with Gasteiger partial charge in [-0.05, 0) is 18.1 Å². The molecule has 0 aromatic carbocycles. The lowest BCUT2D eigenvalue weighted by molar-refractivity contribution is -0.464. The van der Waals surface area contributed by atoms with Crippen molar-refractivity contribution in [1.82, 2.24) is 9.88 Å². The van der Waals surface area contributed by atoms with E-state index in [-0.39, 0.29) is 11.5 Å². The number of amidine groups is 1. The Kier molecular flexibility index (Phi) is 4.09. The minimum absolute atomic E-state index is 0.221. The van der Waals surface area contributed by atoms with Crippen LogP contribution in [-0.2, 0) is 6.54 Å². The van der Waals surface area contributed by atoms with Crippen molar-refractivity contribution in [3.05, 3.63) is 39.2 Å². The maximum atomic E-state index is 10.6. The number of halogens is 1. The lowest BCUT2D eigenvalue weighted by atomic mass is 10.2. The average molecular weight is 269 g/mol. The fraction of sp³-hybridized carbons (Fsp3) is 0.455. The van der Waals surface area contributed by atoms with E-state index in [0.29, 0.717) is 24.1 Å². The molecule has 6 nitrogen and oxygen atoms in total. The van der Waals surface area contributed by atoms with Crippen LogP contribution in [0.4, 0.5) is 0 Å². The molecule has 18 heavy (non-hydrogen) atoms. The summed E-state index contributed by atoms with van der Waals surface area (Å²) in [4.78, 5) is 20.4. The number of nitrogens with zero attached hydrogens (tertiary/aromatic N) is 4. The van der Waals surface area contributed by atoms with Crippen molar-refractivity contribution in [2.75, 3.05) is 19.6 Å². The number of hydrogen-bond donors (Lipinski definition) is 0. The summed E-state index contributed by atoms with van der Waals surface area (Å²) >= 11 is 5.71. The number of aliphatic imine (C=N–C) groups is 1. The topological polar surface area (TPSA) is 71.6 Å². The quantitative estimate of drug-likeness (QED) is 0.473. The molecule has 7 heteroatoms. The van der Waals surface area contributed by atoms with Crippen molar-refractivity contribution in [3.8, 4) is 0 Å². The van der Waals surface area contributed by atoms with Gasteiger partial charge in [0.2, 0.25) is 0 Å². The van der Waals surface area contributed by atoms with E-state index < -0.39 is 0 Å². The summed E-state index contributed by atoms with van der Waals surface area (Å²) < 4.78 is 0. The molecular formula is C11H13ClN4O2. The molecule has 0 N–H and O–H groups in total. The molecule has 1 aliphatic heterocycles. The minimum Gasteiger partial charge on any atom is -0.350 e. The monoisotopic (exact) mass is 268 g/mol. The van der Waals surface area contributed by atoms with Crippen LogP contribution in [0.3, 0.4) is 0 Å². The van der Waals surface area contributed by atoms with E-state index in [9.17, 15) is 10.1 Å². The van der Waals surface area contributed by atoms with Crippen LogP contribution < -0.4 is 0 Å². The van der Waals surface area contributed by atoms with E-state index >= 15 is 0 Å². The van der Waals surface area contributed by atoms with Crippen LogP contribution in [0.25, 0.3) is 0 Å². The number of nitro groups is 1. The van der Waals surface area contributed by atoms with Crippen LogP contribution in [0.5, 0.6) is 0 Å². The molecule has 1 aromatic rings. The SMILES string of the molecule is O=[N+]([O-])CC1=NCCCN1Cc1ccc(Cl)nc1. The first-order chi connectivity index (χ1) is 8.65. The zero-order valence-electron chi connectivity index (χ0n) is 9.75. The number of hydrogen-bond acceptors (Lipinski definition) is 5. The molecule has 0 unspecified atom stereocenters. The predicted molar refractivity (Wildman–Crippen MR) is 68.4 cm³/mol. The smallest absolute Gasteiger partial charge is 0.260 e. The van der Waals surface area contributed by atoms with Gasteiger partial charge in [-0.3, -0.25) is 15.1 Å². The molecule has 0 radical (unpaired) electrons. The summed E-state index contributed by atoms with van der Waals surface area (Å²) in [6.45, 7) is 1.81. The van der Waals surface area contributed by atoms with Gasteiger partial charge in [-0.25, -0.2) is 4.98 Å². The molecule has 0 saturated carbocycles. The first kappa shape index (κ1) is 12.8. The van der Waals surface area contributed by atoms with Crippen molar-refractivity contribution in [3.63, 3.8) is 0 Å². The van der Waals surface area contributed by atoms with E-state index in [2.05, 4.69) is 9.98 Å². The summed E-state index contributed by atoms with van der Waals surface area (Å²) in [5, 5.41) is 11.0. The van der Waals surface area contributed by atoms with Crippen molar-refractivity contribution in [2.24, 2.45) is 4.99 Å². The molecule has 0 fully saturated rings. The second kappa shape index (κ2) is 5.77. The Bertz CT molecular complexity index is 461. The second-order valence-electron chi connectivity index (χ2n) is 4.05. The van der Waals surface area contributed by atoms with Crippen LogP contribution in [0, 0.1) is 10.1 Å². The van der Waals surface area contributed by atoms with Gasteiger partial charge in [0.15, 0.2) is 5.84 Å². The third-order valence-corrected chi connectivity index (χ3v) is 2.90. The van der Waals surface area contributed by atoms with Crippen LogP contribution in [-0.4, -0.2) is 40.3 Å². The lowest BCUT2D eigenvalue weighted by Gasteiger charge is -2.27. The molecule has 0 aliphatic carbocycles. The predicted octanol–water partition coefficient (Wildman–Crippen LogP) is 1.62. The van der Waals surface area contributed by atoms with Gasteiger partial charge in [0, 0.05) is 30.8 Å². The normalized spacial score (nSPS) is 15.4. The Morgan fingerprint density at radius 1 is 1.50 bits per heavy atom. The molecule has 2 rings (SSSR count). The fourth-order valence-electron chi connectivity index (χ4n) is 1.85. The molecule has 2 heterocycles. The van der Waals surface area contributed by atoms with E-state index in [1.807, 2.05) is 11.0 Å². The first-order valence-electron chi connectivity index (χ1n) is 5.65. The Morgan fingerprint density at radius 2 is 2.33 bits per heavy atom. The van der Waals surface area contributed by atoms with Crippen LogP contribution in [0.2, 0.25) is 5.15 Å². The third-order valence-electron chi connectivity index (χ3n) is 2.68. The van der Waals surface area contributed by atoms with Gasteiger partial charge < -0.3 is 4.90 Å². The molecule has 0 spiro atoms. The van der Waals surface area contributed by atoms with Crippen LogP contribution in [0.1, 0.15) is 12.0 Å². The summed E-state index contributed by atoms with van der Waals surface area (Å²) in [6, 6.07) is 3.58. The van der Waals surface area contributed by atoms with E-state index in [1.54, 1.807) is 12.3 Å². The van der Waals surface area contributed by atoms with Crippen molar-refractivity contribution in [2.45, 2.75) is 13.0 Å². The zero-order valence-corrected chi connectivity index (χ0v) is 10.5. The summed E-state index contributed by atoms with van der Waals surface area (Å²) in [6.07, 6.45) is 2.60.